The maximum absolute atomic E-state index is 12.4. The van der Waals surface area contributed by atoms with Gasteiger partial charge >= 0.3 is 5.97 Å². The second-order valence-corrected chi connectivity index (χ2v) is 6.60. The Labute approximate surface area is 159 Å². The maximum Gasteiger partial charge on any atom is 0.310 e. The lowest BCUT2D eigenvalue weighted by Gasteiger charge is -2.13. The molecule has 0 bridgehead atoms. The van der Waals surface area contributed by atoms with Crippen LogP contribution in [0.3, 0.4) is 0 Å². The van der Waals surface area contributed by atoms with Gasteiger partial charge in [0.15, 0.2) is 6.10 Å². The minimum absolute atomic E-state index is 0.139. The van der Waals surface area contributed by atoms with Crippen molar-refractivity contribution in [3.05, 3.63) is 95.6 Å². The Kier molecular flexibility index (Phi) is 5.82. The van der Waals surface area contributed by atoms with Gasteiger partial charge in [-0.2, -0.15) is 0 Å². The predicted octanol–water partition coefficient (Wildman–Crippen LogP) is 5.02. The van der Waals surface area contributed by atoms with Crippen LogP contribution in [-0.4, -0.2) is 17.9 Å². The lowest BCUT2D eigenvalue weighted by molar-refractivity contribution is -0.145. The molecule has 3 heteroatoms. The molecule has 0 N–H and O–H groups in total. The van der Waals surface area contributed by atoms with Crippen LogP contribution in [0.25, 0.3) is 11.1 Å². The van der Waals surface area contributed by atoms with Crippen LogP contribution >= 0.6 is 0 Å². The highest BCUT2D eigenvalue weighted by Gasteiger charge is 2.19. The number of hydrogen-bond acceptors (Lipinski definition) is 3. The van der Waals surface area contributed by atoms with E-state index in [1.165, 1.54) is 0 Å². The number of hydrogen-bond donors (Lipinski definition) is 0. The molecule has 0 saturated carbocycles. The van der Waals surface area contributed by atoms with Crippen molar-refractivity contribution >= 4 is 11.8 Å². The summed E-state index contributed by atoms with van der Waals surface area (Å²) in [6.07, 6.45) is -0.663. The Bertz CT molecular complexity index is 910. The van der Waals surface area contributed by atoms with Gasteiger partial charge < -0.3 is 4.74 Å². The first kappa shape index (κ1) is 18.6. The largest absolute Gasteiger partial charge is 0.454 e. The van der Waals surface area contributed by atoms with Crippen LogP contribution in [0.4, 0.5) is 0 Å². The van der Waals surface area contributed by atoms with Gasteiger partial charge in [-0.25, -0.2) is 0 Å². The summed E-state index contributed by atoms with van der Waals surface area (Å²) in [4.78, 5) is 24.6. The smallest absolute Gasteiger partial charge is 0.310 e. The molecule has 0 fully saturated rings. The van der Waals surface area contributed by atoms with Crippen LogP contribution in [0, 0.1) is 6.92 Å². The highest BCUT2D eigenvalue weighted by molar-refractivity contribution is 6.00. The summed E-state index contributed by atoms with van der Waals surface area (Å²) in [5, 5.41) is 0. The van der Waals surface area contributed by atoms with Gasteiger partial charge in [0, 0.05) is 5.56 Å². The molecular formula is C24H22O3. The van der Waals surface area contributed by atoms with E-state index in [0.29, 0.717) is 5.56 Å². The third-order valence-corrected chi connectivity index (χ3v) is 4.42. The molecular weight excluding hydrogens is 336 g/mol. The van der Waals surface area contributed by atoms with Gasteiger partial charge in [0.1, 0.15) is 0 Å². The zero-order valence-electron chi connectivity index (χ0n) is 15.5. The van der Waals surface area contributed by atoms with Crippen LogP contribution in [0.2, 0.25) is 0 Å². The number of carbonyl (C=O) groups excluding carboxylic acids is 2. The minimum atomic E-state index is -0.802. The summed E-state index contributed by atoms with van der Waals surface area (Å²) < 4.78 is 5.33. The zero-order valence-corrected chi connectivity index (χ0v) is 15.5. The van der Waals surface area contributed by atoms with Crippen molar-refractivity contribution in [3.8, 4) is 11.1 Å². The third-order valence-electron chi connectivity index (χ3n) is 4.42. The standard InChI is InChI=1S/C24H22O3/c1-17-8-12-22(13-9-17)24(26)18(2)27-23(25)16-19-10-14-21(15-11-19)20-6-4-3-5-7-20/h3-15,18H,16H2,1-2H3/t18-/m0/s1. The van der Waals surface area contributed by atoms with E-state index in [1.807, 2.05) is 73.7 Å². The first-order chi connectivity index (χ1) is 13.0. The van der Waals surface area contributed by atoms with Crippen molar-refractivity contribution in [2.45, 2.75) is 26.4 Å². The van der Waals surface area contributed by atoms with Crippen LogP contribution in [0.1, 0.15) is 28.4 Å². The average Bonchev–Trinajstić information content (AvgIpc) is 2.69. The van der Waals surface area contributed by atoms with E-state index >= 15 is 0 Å². The summed E-state index contributed by atoms with van der Waals surface area (Å²) >= 11 is 0. The van der Waals surface area contributed by atoms with Crippen molar-refractivity contribution in [2.24, 2.45) is 0 Å². The summed E-state index contributed by atoms with van der Waals surface area (Å²) in [6, 6.07) is 25.1. The van der Waals surface area contributed by atoms with E-state index in [2.05, 4.69) is 0 Å². The topological polar surface area (TPSA) is 43.4 Å². The van der Waals surface area contributed by atoms with E-state index in [0.717, 1.165) is 22.3 Å². The summed E-state index contributed by atoms with van der Waals surface area (Å²) in [5.41, 5.74) is 4.71. The SMILES string of the molecule is Cc1ccc(C(=O)[C@H](C)OC(=O)Cc2ccc(-c3ccccc3)cc2)cc1. The average molecular weight is 358 g/mol. The molecule has 3 aromatic carbocycles. The first-order valence-corrected chi connectivity index (χ1v) is 8.97. The van der Waals surface area contributed by atoms with Crippen LogP contribution in [0.5, 0.6) is 0 Å². The number of aryl methyl sites for hydroxylation is 1. The molecule has 0 spiro atoms. The number of carbonyl (C=O) groups is 2. The third kappa shape index (κ3) is 4.91. The minimum Gasteiger partial charge on any atom is -0.454 e. The number of esters is 1. The highest BCUT2D eigenvalue weighted by Crippen LogP contribution is 2.19. The molecule has 1 atom stereocenters. The monoisotopic (exact) mass is 358 g/mol. The van der Waals surface area contributed by atoms with E-state index in [4.69, 9.17) is 4.74 Å². The fourth-order valence-electron chi connectivity index (χ4n) is 2.86. The van der Waals surface area contributed by atoms with Gasteiger partial charge in [0.05, 0.1) is 6.42 Å². The van der Waals surface area contributed by atoms with Gasteiger partial charge in [-0.1, -0.05) is 84.4 Å². The molecule has 3 rings (SSSR count). The van der Waals surface area contributed by atoms with Crippen LogP contribution in [0.15, 0.2) is 78.9 Å². The van der Waals surface area contributed by atoms with E-state index in [-0.39, 0.29) is 12.2 Å². The highest BCUT2D eigenvalue weighted by atomic mass is 16.5. The second kappa shape index (κ2) is 8.45. The van der Waals surface area contributed by atoms with Gasteiger partial charge in [-0.05, 0) is 30.5 Å². The molecule has 0 aliphatic rings. The number of Topliss-reactive ketones (excluding diaryl/α,β-unsaturated/α-hetero) is 1. The molecule has 136 valence electrons. The van der Waals surface area contributed by atoms with E-state index in [1.54, 1.807) is 19.1 Å². The Morgan fingerprint density at radius 3 is 2.04 bits per heavy atom. The van der Waals surface area contributed by atoms with Crippen molar-refractivity contribution < 1.29 is 14.3 Å². The van der Waals surface area contributed by atoms with Gasteiger partial charge in [0.2, 0.25) is 5.78 Å². The second-order valence-electron chi connectivity index (χ2n) is 6.60. The van der Waals surface area contributed by atoms with E-state index < -0.39 is 12.1 Å². The lowest BCUT2D eigenvalue weighted by Crippen LogP contribution is -2.25. The summed E-state index contributed by atoms with van der Waals surface area (Å²) in [6.45, 7) is 3.57. The van der Waals surface area contributed by atoms with Crippen molar-refractivity contribution in [1.82, 2.24) is 0 Å². The first-order valence-electron chi connectivity index (χ1n) is 8.97. The predicted molar refractivity (Wildman–Crippen MR) is 107 cm³/mol. The van der Waals surface area contributed by atoms with Gasteiger partial charge in [-0.3, -0.25) is 9.59 Å². The number of ether oxygens (including phenoxy) is 1. The number of rotatable bonds is 6. The quantitative estimate of drug-likeness (QED) is 0.459. The normalized spacial score (nSPS) is 11.6. The molecule has 3 nitrogen and oxygen atoms in total. The molecule has 0 saturated heterocycles. The molecule has 0 unspecified atom stereocenters. The molecule has 3 aromatic rings. The van der Waals surface area contributed by atoms with Crippen molar-refractivity contribution in [3.63, 3.8) is 0 Å². The Balaban J connectivity index is 1.58. The van der Waals surface area contributed by atoms with Crippen molar-refractivity contribution in [1.29, 1.82) is 0 Å². The molecule has 0 aliphatic carbocycles. The fourth-order valence-corrected chi connectivity index (χ4v) is 2.86. The molecule has 0 aliphatic heterocycles. The zero-order chi connectivity index (χ0) is 19.2. The van der Waals surface area contributed by atoms with Crippen LogP contribution in [-0.2, 0) is 16.0 Å². The molecule has 0 amide bonds. The fraction of sp³-hybridized carbons (Fsp3) is 0.167. The van der Waals surface area contributed by atoms with Gasteiger partial charge in [0.25, 0.3) is 0 Å². The number of benzene rings is 3. The Morgan fingerprint density at radius 2 is 1.41 bits per heavy atom. The number of ketones is 1. The molecule has 27 heavy (non-hydrogen) atoms. The lowest BCUT2D eigenvalue weighted by atomic mass is 10.0. The Morgan fingerprint density at radius 1 is 0.815 bits per heavy atom. The van der Waals surface area contributed by atoms with Crippen molar-refractivity contribution in [2.75, 3.05) is 0 Å². The van der Waals surface area contributed by atoms with Crippen LogP contribution < -0.4 is 0 Å². The van der Waals surface area contributed by atoms with Gasteiger partial charge in [-0.15, -0.1) is 0 Å². The summed E-state index contributed by atoms with van der Waals surface area (Å²) in [5.74, 6) is -0.599. The molecule has 0 radical (unpaired) electrons. The summed E-state index contributed by atoms with van der Waals surface area (Å²) in [7, 11) is 0. The maximum atomic E-state index is 12.4. The Hall–Kier alpha value is -3.20. The van der Waals surface area contributed by atoms with E-state index in [9.17, 15) is 9.59 Å². The molecule has 0 aromatic heterocycles. The molecule has 0 heterocycles.